The van der Waals surface area contributed by atoms with E-state index in [-0.39, 0.29) is 32.7 Å². The maximum absolute atomic E-state index is 12.4. The number of carbonyl (C=O) groups excluding carboxylic acids is 1. The van der Waals surface area contributed by atoms with Gasteiger partial charge in [-0.2, -0.15) is 8.78 Å². The van der Waals surface area contributed by atoms with Crippen molar-refractivity contribution in [3.05, 3.63) is 6.92 Å². The van der Waals surface area contributed by atoms with Crippen LogP contribution >= 0.6 is 0 Å². The van der Waals surface area contributed by atoms with E-state index in [1.807, 2.05) is 0 Å². The van der Waals surface area contributed by atoms with Crippen LogP contribution in [0.2, 0.25) is 0 Å². The number of sulfone groups is 1. The first kappa shape index (κ1) is 15.7. The van der Waals surface area contributed by atoms with Gasteiger partial charge in [-0.25, -0.2) is 8.42 Å². The molecule has 0 amide bonds. The normalized spacial score (nSPS) is 11.6. The molecule has 0 aromatic heterocycles. The topological polar surface area (TPSA) is 60.4 Å². The maximum Gasteiger partial charge on any atom is 0.378 e. The molecule has 13 heavy (non-hydrogen) atoms. The molecular formula is C5H7F2O4SY-. The van der Waals surface area contributed by atoms with Crippen molar-refractivity contribution in [2.45, 2.75) is 5.25 Å². The molecule has 0 fully saturated rings. The van der Waals surface area contributed by atoms with Crippen LogP contribution in [0.1, 0.15) is 0 Å². The summed E-state index contributed by atoms with van der Waals surface area (Å²) in [4.78, 5) is 9.96. The van der Waals surface area contributed by atoms with Crippen LogP contribution < -0.4 is 0 Å². The fourth-order valence-electron chi connectivity index (χ4n) is 0.272. The number of alkyl halides is 2. The second-order valence-corrected chi connectivity index (χ2v) is 4.21. The van der Waals surface area contributed by atoms with Crippen LogP contribution in [0.3, 0.4) is 0 Å². The van der Waals surface area contributed by atoms with E-state index in [9.17, 15) is 22.0 Å². The van der Waals surface area contributed by atoms with Gasteiger partial charge in [0.15, 0.2) is 12.6 Å². The smallest absolute Gasteiger partial charge is 0.378 e. The van der Waals surface area contributed by atoms with Crippen molar-refractivity contribution >= 4 is 15.8 Å². The van der Waals surface area contributed by atoms with Gasteiger partial charge in [0.1, 0.15) is 0 Å². The SMILES string of the molecule is [CH2-]C(=O)OCC(F)(F)S(C)(=O)=O.[Y]. The molecule has 0 spiro atoms. The summed E-state index contributed by atoms with van der Waals surface area (Å²) in [6.45, 7) is 1.14. The Kier molecular flexibility index (Phi) is 6.30. The van der Waals surface area contributed by atoms with Crippen LogP contribution in [-0.2, 0) is 52.1 Å². The molecule has 0 heterocycles. The van der Waals surface area contributed by atoms with Crippen molar-refractivity contribution in [2.24, 2.45) is 0 Å². The monoisotopic (exact) mass is 290 g/mol. The summed E-state index contributed by atoms with van der Waals surface area (Å²) >= 11 is 0. The van der Waals surface area contributed by atoms with E-state index in [0.717, 1.165) is 0 Å². The number of hydrogen-bond acceptors (Lipinski definition) is 4. The van der Waals surface area contributed by atoms with E-state index < -0.39 is 27.7 Å². The van der Waals surface area contributed by atoms with Crippen LogP contribution in [0, 0.1) is 6.92 Å². The molecule has 0 aliphatic carbocycles. The molecule has 0 aliphatic heterocycles. The molecule has 0 atom stereocenters. The second-order valence-electron chi connectivity index (χ2n) is 2.07. The number of halogens is 2. The average Bonchev–Trinajstić information content (AvgIpc) is 1.81. The van der Waals surface area contributed by atoms with Gasteiger partial charge in [0.05, 0.1) is 0 Å². The minimum Gasteiger partial charge on any atom is -0.481 e. The number of ether oxygens (including phenoxy) is 1. The summed E-state index contributed by atoms with van der Waals surface area (Å²) < 4.78 is 49.2. The fourth-order valence-corrected chi connectivity index (χ4v) is 0.545. The zero-order valence-electron chi connectivity index (χ0n) is 6.79. The number of rotatable bonds is 3. The third-order valence-corrected chi connectivity index (χ3v) is 2.15. The Morgan fingerprint density at radius 1 is 1.54 bits per heavy atom. The van der Waals surface area contributed by atoms with E-state index in [1.54, 1.807) is 0 Å². The first-order valence-electron chi connectivity index (χ1n) is 2.73. The van der Waals surface area contributed by atoms with Crippen LogP contribution in [0.15, 0.2) is 0 Å². The zero-order chi connectivity index (χ0) is 9.99. The Labute approximate surface area is 99.8 Å². The van der Waals surface area contributed by atoms with Crippen LogP contribution in [0.5, 0.6) is 0 Å². The summed E-state index contributed by atoms with van der Waals surface area (Å²) in [6, 6.07) is 0. The van der Waals surface area contributed by atoms with Crippen molar-refractivity contribution in [1.82, 2.24) is 0 Å². The quantitative estimate of drug-likeness (QED) is 0.542. The van der Waals surface area contributed by atoms with E-state index in [2.05, 4.69) is 11.7 Å². The van der Waals surface area contributed by atoms with Gasteiger partial charge in [0.25, 0.3) is 0 Å². The molecule has 0 rings (SSSR count). The first-order valence-corrected chi connectivity index (χ1v) is 4.62. The Hall–Kier alpha value is 0.254. The van der Waals surface area contributed by atoms with E-state index in [4.69, 9.17) is 0 Å². The molecule has 0 unspecified atom stereocenters. The van der Waals surface area contributed by atoms with Gasteiger partial charge < -0.3 is 4.74 Å². The molecule has 1 radical (unpaired) electrons. The molecule has 0 aliphatic rings. The maximum atomic E-state index is 12.4. The van der Waals surface area contributed by atoms with Crippen molar-refractivity contribution in [3.63, 3.8) is 0 Å². The summed E-state index contributed by atoms with van der Waals surface area (Å²) in [5.74, 6) is -1.20. The molecule has 0 aromatic carbocycles. The summed E-state index contributed by atoms with van der Waals surface area (Å²) in [5.41, 5.74) is 0. The third kappa shape index (κ3) is 5.54. The van der Waals surface area contributed by atoms with Crippen LogP contribution in [0.4, 0.5) is 8.78 Å². The fraction of sp³-hybridized carbons (Fsp3) is 0.600. The zero-order valence-corrected chi connectivity index (χ0v) is 10.4. The van der Waals surface area contributed by atoms with Gasteiger partial charge in [-0.1, -0.05) is 0 Å². The molecule has 0 aromatic rings. The van der Waals surface area contributed by atoms with Gasteiger partial charge >= 0.3 is 5.25 Å². The summed E-state index contributed by atoms with van der Waals surface area (Å²) in [7, 11) is -4.54. The Morgan fingerprint density at radius 3 is 2.15 bits per heavy atom. The molecule has 75 valence electrons. The van der Waals surface area contributed by atoms with Gasteiger partial charge in [0.2, 0.25) is 9.84 Å². The standard InChI is InChI=1S/C5H7F2O4S.Y/c1-4(8)11-3-5(6,7)12(2,9)10;/h1,3H2,2H3;/q-1;. The molecule has 0 saturated heterocycles. The minimum absolute atomic E-state index is 0. The van der Waals surface area contributed by atoms with E-state index in [0.29, 0.717) is 6.26 Å². The average molecular weight is 290 g/mol. The summed E-state index contributed by atoms with van der Waals surface area (Å²) in [5, 5.41) is -4.04. The van der Waals surface area contributed by atoms with Crippen LogP contribution in [0.25, 0.3) is 0 Å². The van der Waals surface area contributed by atoms with Crippen molar-refractivity contribution < 1.29 is 59.4 Å². The molecule has 0 N–H and O–H groups in total. The third-order valence-electron chi connectivity index (χ3n) is 0.944. The van der Waals surface area contributed by atoms with E-state index >= 15 is 0 Å². The molecule has 0 saturated carbocycles. The predicted molar refractivity (Wildman–Crippen MR) is 36.1 cm³/mol. The predicted octanol–water partition coefficient (Wildman–Crippen LogP) is -0.00141. The van der Waals surface area contributed by atoms with Crippen molar-refractivity contribution in [1.29, 1.82) is 0 Å². The Bertz CT molecular complexity index is 274. The van der Waals surface area contributed by atoms with Crippen molar-refractivity contribution in [3.8, 4) is 0 Å². The number of hydrogen-bond donors (Lipinski definition) is 0. The Morgan fingerprint density at radius 2 is 1.92 bits per heavy atom. The first-order chi connectivity index (χ1) is 5.17. The molecule has 4 nitrogen and oxygen atoms in total. The number of carbonyl (C=O) groups is 1. The van der Waals surface area contributed by atoms with Gasteiger partial charge in [-0.15, -0.1) is 0 Å². The molecule has 8 heteroatoms. The van der Waals surface area contributed by atoms with E-state index in [1.165, 1.54) is 0 Å². The van der Waals surface area contributed by atoms with Gasteiger partial charge in [0, 0.05) is 39.0 Å². The van der Waals surface area contributed by atoms with Crippen molar-refractivity contribution in [2.75, 3.05) is 12.9 Å². The largest absolute Gasteiger partial charge is 0.481 e. The minimum atomic E-state index is -4.54. The summed E-state index contributed by atoms with van der Waals surface area (Å²) in [6.07, 6.45) is 0.351. The van der Waals surface area contributed by atoms with Gasteiger partial charge in [-0.3, -0.25) is 11.7 Å². The van der Waals surface area contributed by atoms with Gasteiger partial charge in [-0.05, 0) is 0 Å². The second kappa shape index (κ2) is 5.21. The molecular weight excluding hydrogens is 283 g/mol. The Balaban J connectivity index is 0. The molecule has 0 bridgehead atoms. The van der Waals surface area contributed by atoms with Crippen LogP contribution in [-0.4, -0.2) is 32.5 Å². The number of esters is 1.